The van der Waals surface area contributed by atoms with Gasteiger partial charge in [-0.25, -0.2) is 0 Å². The van der Waals surface area contributed by atoms with Gasteiger partial charge < -0.3 is 14.4 Å². The van der Waals surface area contributed by atoms with Crippen LogP contribution in [0.15, 0.2) is 24.3 Å². The number of nitrogens with zero attached hydrogens (tertiary/aromatic N) is 1. The number of rotatable bonds is 6. The highest BCUT2D eigenvalue weighted by atomic mass is 16.5. The lowest BCUT2D eigenvalue weighted by Crippen LogP contribution is -2.36. The molecule has 1 aliphatic carbocycles. The molecule has 4 heteroatoms. The highest BCUT2D eigenvalue weighted by Gasteiger charge is 2.23. The minimum absolute atomic E-state index is 0.227. The van der Waals surface area contributed by atoms with Crippen LogP contribution in [0.4, 0.5) is 0 Å². The molecular formula is C17H25NO3. The van der Waals surface area contributed by atoms with E-state index in [1.165, 1.54) is 19.3 Å². The Morgan fingerprint density at radius 3 is 2.38 bits per heavy atom. The fraction of sp³-hybridized carbons (Fsp3) is 0.588. The first-order valence-corrected chi connectivity index (χ1v) is 7.72. The molecule has 0 N–H and O–H groups in total. The second kappa shape index (κ2) is 7.91. The maximum absolute atomic E-state index is 12.3. The third-order valence-electron chi connectivity index (χ3n) is 4.09. The molecule has 0 bridgehead atoms. The summed E-state index contributed by atoms with van der Waals surface area (Å²) in [5, 5.41) is 0. The maximum atomic E-state index is 12.3. The third-order valence-corrected chi connectivity index (χ3v) is 4.09. The molecule has 0 aliphatic heterocycles. The lowest BCUT2D eigenvalue weighted by Gasteiger charge is -2.26. The Hall–Kier alpha value is -1.71. The van der Waals surface area contributed by atoms with E-state index in [4.69, 9.17) is 9.47 Å². The Balaban J connectivity index is 1.72. The van der Waals surface area contributed by atoms with Gasteiger partial charge in [0.15, 0.2) is 0 Å². The SMILES string of the molecule is COc1ccc(OCCN(C)C(=O)C2CCCCC2)cc1. The van der Waals surface area contributed by atoms with Crippen LogP contribution in [0.5, 0.6) is 11.5 Å². The Kier molecular flexibility index (Phi) is 5.90. The van der Waals surface area contributed by atoms with Crippen molar-refractivity contribution in [2.75, 3.05) is 27.3 Å². The molecule has 0 atom stereocenters. The van der Waals surface area contributed by atoms with Gasteiger partial charge in [-0.1, -0.05) is 19.3 Å². The largest absolute Gasteiger partial charge is 0.497 e. The van der Waals surface area contributed by atoms with Gasteiger partial charge in [0.25, 0.3) is 0 Å². The molecule has 1 saturated carbocycles. The summed E-state index contributed by atoms with van der Waals surface area (Å²) in [5.74, 6) is 2.11. The van der Waals surface area contributed by atoms with Crippen LogP contribution in [0.1, 0.15) is 32.1 Å². The molecule has 1 aromatic carbocycles. The molecule has 1 aromatic rings. The number of benzene rings is 1. The molecule has 0 saturated heterocycles. The van der Waals surface area contributed by atoms with Gasteiger partial charge in [0.1, 0.15) is 18.1 Å². The predicted octanol–water partition coefficient (Wildman–Crippen LogP) is 3.11. The van der Waals surface area contributed by atoms with Gasteiger partial charge >= 0.3 is 0 Å². The van der Waals surface area contributed by atoms with E-state index in [1.54, 1.807) is 12.0 Å². The molecule has 1 aliphatic rings. The zero-order valence-corrected chi connectivity index (χ0v) is 13.0. The third kappa shape index (κ3) is 4.66. The summed E-state index contributed by atoms with van der Waals surface area (Å²) in [7, 11) is 3.51. The standard InChI is InChI=1S/C17H25NO3/c1-18(17(19)14-6-4-3-5-7-14)12-13-21-16-10-8-15(20-2)9-11-16/h8-11,14H,3-7,12-13H2,1-2H3. The van der Waals surface area contributed by atoms with Crippen molar-refractivity contribution in [2.45, 2.75) is 32.1 Å². The van der Waals surface area contributed by atoms with Crippen LogP contribution in [0.3, 0.4) is 0 Å². The van der Waals surface area contributed by atoms with Crippen LogP contribution in [0.2, 0.25) is 0 Å². The van der Waals surface area contributed by atoms with E-state index in [2.05, 4.69) is 0 Å². The summed E-state index contributed by atoms with van der Waals surface area (Å²) in [6, 6.07) is 7.49. The van der Waals surface area contributed by atoms with Crippen molar-refractivity contribution in [1.29, 1.82) is 0 Å². The molecule has 1 fully saturated rings. The topological polar surface area (TPSA) is 38.8 Å². The fourth-order valence-electron chi connectivity index (χ4n) is 2.74. The minimum Gasteiger partial charge on any atom is -0.497 e. The van der Waals surface area contributed by atoms with Crippen LogP contribution >= 0.6 is 0 Å². The zero-order chi connectivity index (χ0) is 15.1. The Morgan fingerprint density at radius 1 is 1.14 bits per heavy atom. The van der Waals surface area contributed by atoms with Crippen LogP contribution < -0.4 is 9.47 Å². The number of hydrogen-bond acceptors (Lipinski definition) is 3. The quantitative estimate of drug-likeness (QED) is 0.808. The van der Waals surface area contributed by atoms with E-state index in [0.29, 0.717) is 13.2 Å². The van der Waals surface area contributed by atoms with Gasteiger partial charge in [0.2, 0.25) is 5.91 Å². The smallest absolute Gasteiger partial charge is 0.225 e. The summed E-state index contributed by atoms with van der Waals surface area (Å²) in [6.45, 7) is 1.14. The number of likely N-dealkylation sites (N-methyl/N-ethyl adjacent to an activating group) is 1. The summed E-state index contributed by atoms with van der Waals surface area (Å²) in [4.78, 5) is 14.1. The van der Waals surface area contributed by atoms with Gasteiger partial charge in [-0.2, -0.15) is 0 Å². The van der Waals surface area contributed by atoms with Gasteiger partial charge in [0, 0.05) is 13.0 Å². The van der Waals surface area contributed by atoms with Gasteiger partial charge in [-0.15, -0.1) is 0 Å². The average Bonchev–Trinajstić information content (AvgIpc) is 2.55. The molecule has 0 radical (unpaired) electrons. The van der Waals surface area contributed by atoms with E-state index in [1.807, 2.05) is 31.3 Å². The molecule has 4 nitrogen and oxygen atoms in total. The molecule has 1 amide bonds. The first kappa shape index (κ1) is 15.7. The number of carbonyl (C=O) groups excluding carboxylic acids is 1. The molecular weight excluding hydrogens is 266 g/mol. The molecule has 0 unspecified atom stereocenters. The zero-order valence-electron chi connectivity index (χ0n) is 13.0. The molecule has 2 rings (SSSR count). The van der Waals surface area contributed by atoms with Gasteiger partial charge in [-0.05, 0) is 37.1 Å². The van der Waals surface area contributed by atoms with Crippen LogP contribution in [0.25, 0.3) is 0 Å². The fourth-order valence-corrected chi connectivity index (χ4v) is 2.74. The van der Waals surface area contributed by atoms with E-state index in [-0.39, 0.29) is 11.8 Å². The van der Waals surface area contributed by atoms with Crippen LogP contribution in [0, 0.1) is 5.92 Å². The first-order valence-electron chi connectivity index (χ1n) is 7.72. The Morgan fingerprint density at radius 2 is 1.76 bits per heavy atom. The van der Waals surface area contributed by atoms with Crippen LogP contribution in [-0.2, 0) is 4.79 Å². The molecule has 0 heterocycles. The monoisotopic (exact) mass is 291 g/mol. The second-order valence-corrected chi connectivity index (χ2v) is 5.62. The maximum Gasteiger partial charge on any atom is 0.225 e. The number of hydrogen-bond donors (Lipinski definition) is 0. The number of methoxy groups -OCH3 is 1. The van der Waals surface area contributed by atoms with Crippen LogP contribution in [-0.4, -0.2) is 38.1 Å². The van der Waals surface area contributed by atoms with E-state index in [9.17, 15) is 4.79 Å². The van der Waals surface area contributed by atoms with Crippen molar-refractivity contribution in [3.8, 4) is 11.5 Å². The molecule has 116 valence electrons. The molecule has 0 spiro atoms. The highest BCUT2D eigenvalue weighted by Crippen LogP contribution is 2.25. The van der Waals surface area contributed by atoms with Crippen molar-refractivity contribution in [1.82, 2.24) is 4.90 Å². The Labute approximate surface area is 127 Å². The summed E-state index contributed by atoms with van der Waals surface area (Å²) >= 11 is 0. The molecule has 21 heavy (non-hydrogen) atoms. The number of ether oxygens (including phenoxy) is 2. The van der Waals surface area contributed by atoms with Crippen molar-refractivity contribution >= 4 is 5.91 Å². The lowest BCUT2D eigenvalue weighted by atomic mass is 9.88. The summed E-state index contributed by atoms with van der Waals surface area (Å²) in [6.07, 6.45) is 5.73. The molecule has 0 aromatic heterocycles. The van der Waals surface area contributed by atoms with Crippen molar-refractivity contribution < 1.29 is 14.3 Å². The van der Waals surface area contributed by atoms with Crippen molar-refractivity contribution in [3.63, 3.8) is 0 Å². The minimum atomic E-state index is 0.227. The average molecular weight is 291 g/mol. The van der Waals surface area contributed by atoms with E-state index in [0.717, 1.165) is 24.3 Å². The number of amides is 1. The predicted molar refractivity (Wildman–Crippen MR) is 82.7 cm³/mol. The van der Waals surface area contributed by atoms with E-state index >= 15 is 0 Å². The lowest BCUT2D eigenvalue weighted by molar-refractivity contribution is -0.135. The van der Waals surface area contributed by atoms with Crippen molar-refractivity contribution in [3.05, 3.63) is 24.3 Å². The van der Waals surface area contributed by atoms with Crippen molar-refractivity contribution in [2.24, 2.45) is 5.92 Å². The second-order valence-electron chi connectivity index (χ2n) is 5.62. The van der Waals surface area contributed by atoms with Gasteiger partial charge in [0.05, 0.1) is 13.7 Å². The highest BCUT2D eigenvalue weighted by molar-refractivity contribution is 5.78. The number of carbonyl (C=O) groups is 1. The van der Waals surface area contributed by atoms with E-state index < -0.39 is 0 Å². The normalized spacial score (nSPS) is 15.5. The first-order chi connectivity index (χ1) is 10.2. The summed E-state index contributed by atoms with van der Waals surface area (Å²) < 4.78 is 10.8. The summed E-state index contributed by atoms with van der Waals surface area (Å²) in [5.41, 5.74) is 0. The van der Waals surface area contributed by atoms with Gasteiger partial charge in [-0.3, -0.25) is 4.79 Å². The Bertz CT molecular complexity index is 438.